The number of piperidine rings is 1. The number of carbonyl (C=O) groups excluding carboxylic acids is 3. The number of ether oxygens (including phenoxy) is 1. The molecule has 1 aromatic carbocycles. The van der Waals surface area contributed by atoms with Crippen LogP contribution in [0.1, 0.15) is 49.5 Å². The minimum absolute atomic E-state index is 0.313. The molecule has 30 heavy (non-hydrogen) atoms. The van der Waals surface area contributed by atoms with Crippen molar-refractivity contribution in [3.05, 3.63) is 35.1 Å². The number of amides is 2. The van der Waals surface area contributed by atoms with E-state index in [2.05, 4.69) is 5.32 Å². The molecule has 166 valence electrons. The highest BCUT2D eigenvalue weighted by Crippen LogP contribution is 2.32. The Labute approximate surface area is 171 Å². The van der Waals surface area contributed by atoms with Gasteiger partial charge in [0.1, 0.15) is 11.4 Å². The van der Waals surface area contributed by atoms with Gasteiger partial charge in [0.05, 0.1) is 12.1 Å². The molecule has 1 N–H and O–H groups in total. The summed E-state index contributed by atoms with van der Waals surface area (Å²) in [5.41, 5.74) is -2.50. The van der Waals surface area contributed by atoms with Crippen LogP contribution in [0, 0.1) is 11.7 Å². The fourth-order valence-electron chi connectivity index (χ4n) is 2.98. The molecule has 1 aliphatic rings. The summed E-state index contributed by atoms with van der Waals surface area (Å²) >= 11 is 0. The Kier molecular flexibility index (Phi) is 7.10. The van der Waals surface area contributed by atoms with E-state index in [1.165, 1.54) is 4.90 Å². The van der Waals surface area contributed by atoms with E-state index in [-0.39, 0.29) is 5.56 Å². The van der Waals surface area contributed by atoms with Gasteiger partial charge in [-0.05, 0) is 51.8 Å². The van der Waals surface area contributed by atoms with E-state index in [4.69, 9.17) is 4.74 Å². The van der Waals surface area contributed by atoms with Crippen LogP contribution in [0.5, 0.6) is 0 Å². The van der Waals surface area contributed by atoms with Crippen molar-refractivity contribution in [3.8, 4) is 0 Å². The van der Waals surface area contributed by atoms with Crippen molar-refractivity contribution in [1.82, 2.24) is 10.2 Å². The van der Waals surface area contributed by atoms with Crippen molar-refractivity contribution in [2.24, 2.45) is 5.92 Å². The first-order valence-electron chi connectivity index (χ1n) is 9.43. The largest absolute Gasteiger partial charge is 0.444 e. The van der Waals surface area contributed by atoms with Gasteiger partial charge in [-0.15, -0.1) is 0 Å². The lowest BCUT2D eigenvalue weighted by Crippen LogP contribution is -2.45. The second-order valence-electron chi connectivity index (χ2n) is 8.08. The van der Waals surface area contributed by atoms with Gasteiger partial charge < -0.3 is 15.0 Å². The third kappa shape index (κ3) is 6.43. The maximum absolute atomic E-state index is 13.3. The predicted molar refractivity (Wildman–Crippen MR) is 99.3 cm³/mol. The van der Waals surface area contributed by atoms with Crippen molar-refractivity contribution < 1.29 is 36.7 Å². The van der Waals surface area contributed by atoms with E-state index in [1.54, 1.807) is 20.8 Å². The Hall–Kier alpha value is -2.65. The lowest BCUT2D eigenvalue weighted by molar-refractivity contribution is -0.140. The minimum Gasteiger partial charge on any atom is -0.444 e. The van der Waals surface area contributed by atoms with Gasteiger partial charge in [0, 0.05) is 24.6 Å². The van der Waals surface area contributed by atoms with Crippen LogP contribution in [0.3, 0.4) is 0 Å². The molecular weight excluding hydrogens is 408 g/mol. The molecule has 10 heteroatoms. The first-order chi connectivity index (χ1) is 13.8. The number of benzene rings is 1. The van der Waals surface area contributed by atoms with E-state index in [0.29, 0.717) is 38.1 Å². The number of hydrogen-bond donors (Lipinski definition) is 1. The van der Waals surface area contributed by atoms with Crippen molar-refractivity contribution in [2.45, 2.75) is 45.4 Å². The fourth-order valence-corrected chi connectivity index (χ4v) is 2.98. The second-order valence-corrected chi connectivity index (χ2v) is 8.08. The molecule has 1 saturated heterocycles. The smallest absolute Gasteiger partial charge is 0.419 e. The lowest BCUT2D eigenvalue weighted by Gasteiger charge is -2.32. The quantitative estimate of drug-likeness (QED) is 0.580. The van der Waals surface area contributed by atoms with Gasteiger partial charge in [-0.2, -0.15) is 13.2 Å². The number of likely N-dealkylation sites (tertiary alicyclic amines) is 1. The maximum atomic E-state index is 13.3. The van der Waals surface area contributed by atoms with Gasteiger partial charge in [-0.3, -0.25) is 9.59 Å². The number of alkyl halides is 3. The van der Waals surface area contributed by atoms with Crippen LogP contribution in [0.2, 0.25) is 0 Å². The zero-order valence-electron chi connectivity index (χ0n) is 16.9. The summed E-state index contributed by atoms with van der Waals surface area (Å²) in [5.74, 6) is -3.10. The molecule has 0 saturated carbocycles. The molecule has 0 spiro atoms. The van der Waals surface area contributed by atoms with Crippen LogP contribution in [0.15, 0.2) is 18.2 Å². The van der Waals surface area contributed by atoms with Crippen LogP contribution < -0.4 is 5.32 Å². The molecule has 0 radical (unpaired) electrons. The van der Waals surface area contributed by atoms with E-state index < -0.39 is 53.4 Å². The number of ketones is 1. The average molecular weight is 432 g/mol. The van der Waals surface area contributed by atoms with E-state index in [9.17, 15) is 31.9 Å². The summed E-state index contributed by atoms with van der Waals surface area (Å²) in [7, 11) is 0. The number of carbonyl (C=O) groups is 3. The lowest BCUT2D eigenvalue weighted by atomic mass is 9.96. The Morgan fingerprint density at radius 2 is 1.73 bits per heavy atom. The van der Waals surface area contributed by atoms with Gasteiger partial charge in [0.2, 0.25) is 5.91 Å². The molecule has 0 aromatic heterocycles. The van der Waals surface area contributed by atoms with E-state index in [1.807, 2.05) is 0 Å². The van der Waals surface area contributed by atoms with Crippen LogP contribution in [0.4, 0.5) is 22.4 Å². The molecule has 6 nitrogen and oxygen atoms in total. The number of nitrogens with one attached hydrogen (secondary N) is 1. The third-order valence-corrected chi connectivity index (χ3v) is 4.53. The fraction of sp³-hybridized carbons (Fsp3) is 0.550. The molecule has 0 unspecified atom stereocenters. The number of rotatable bonds is 4. The predicted octanol–water partition coefficient (Wildman–Crippen LogP) is 3.79. The van der Waals surface area contributed by atoms with Crippen molar-refractivity contribution in [1.29, 1.82) is 0 Å². The van der Waals surface area contributed by atoms with E-state index in [0.717, 1.165) is 6.07 Å². The summed E-state index contributed by atoms with van der Waals surface area (Å²) in [6.07, 6.45) is -4.65. The minimum atomic E-state index is -4.92. The zero-order chi connectivity index (χ0) is 22.7. The molecule has 0 atom stereocenters. The normalized spacial score (nSPS) is 15.6. The Morgan fingerprint density at radius 1 is 1.13 bits per heavy atom. The summed E-state index contributed by atoms with van der Waals surface area (Å²) in [4.78, 5) is 37.9. The standard InChI is InChI=1S/C20H24F4N2O4/c1-19(2,3)30-18(29)26-8-6-12(7-9-26)17(28)25-11-16(27)13-4-5-15(21)14(10-13)20(22,23)24/h4-5,10,12H,6-9,11H2,1-3H3,(H,25,28). The Balaban J connectivity index is 1.87. The van der Waals surface area contributed by atoms with Gasteiger partial charge >= 0.3 is 12.3 Å². The van der Waals surface area contributed by atoms with Crippen LogP contribution in [0.25, 0.3) is 0 Å². The molecule has 0 aliphatic carbocycles. The molecule has 2 rings (SSSR count). The summed E-state index contributed by atoms with van der Waals surface area (Å²) < 4.78 is 56.9. The summed E-state index contributed by atoms with van der Waals surface area (Å²) in [6.45, 7) is 5.37. The monoisotopic (exact) mass is 432 g/mol. The summed E-state index contributed by atoms with van der Waals surface area (Å²) in [6, 6.07) is 1.95. The molecule has 0 bridgehead atoms. The van der Waals surface area contributed by atoms with Crippen LogP contribution in [-0.2, 0) is 15.7 Å². The van der Waals surface area contributed by atoms with Gasteiger partial charge in [-0.1, -0.05) is 0 Å². The Morgan fingerprint density at radius 3 is 2.27 bits per heavy atom. The maximum Gasteiger partial charge on any atom is 0.419 e. The highest BCUT2D eigenvalue weighted by atomic mass is 19.4. The summed E-state index contributed by atoms with van der Waals surface area (Å²) in [5, 5.41) is 2.41. The number of nitrogens with zero attached hydrogens (tertiary/aromatic N) is 1. The SMILES string of the molecule is CC(C)(C)OC(=O)N1CCC(C(=O)NCC(=O)c2ccc(F)c(C(F)(F)F)c2)CC1. The first kappa shape index (κ1) is 23.6. The van der Waals surface area contributed by atoms with Crippen LogP contribution >= 0.6 is 0 Å². The molecule has 1 aromatic rings. The molecule has 1 heterocycles. The molecular formula is C20H24F4N2O4. The first-order valence-corrected chi connectivity index (χ1v) is 9.43. The number of halogens is 4. The van der Waals surface area contributed by atoms with Crippen molar-refractivity contribution in [3.63, 3.8) is 0 Å². The number of Topliss-reactive ketones (excluding diaryl/α,β-unsaturated/α-hetero) is 1. The highest BCUT2D eigenvalue weighted by Gasteiger charge is 2.35. The van der Waals surface area contributed by atoms with Gasteiger partial charge in [-0.25, -0.2) is 9.18 Å². The molecule has 2 amide bonds. The number of hydrogen-bond acceptors (Lipinski definition) is 4. The average Bonchev–Trinajstić information content (AvgIpc) is 2.64. The third-order valence-electron chi connectivity index (χ3n) is 4.53. The molecule has 1 aliphatic heterocycles. The van der Waals surface area contributed by atoms with Crippen molar-refractivity contribution >= 4 is 17.8 Å². The van der Waals surface area contributed by atoms with Gasteiger partial charge in [0.25, 0.3) is 0 Å². The zero-order valence-corrected chi connectivity index (χ0v) is 16.9. The highest BCUT2D eigenvalue weighted by molar-refractivity contribution is 5.99. The van der Waals surface area contributed by atoms with Crippen molar-refractivity contribution in [2.75, 3.05) is 19.6 Å². The molecule has 1 fully saturated rings. The van der Waals surface area contributed by atoms with Crippen LogP contribution in [-0.4, -0.2) is 47.9 Å². The van der Waals surface area contributed by atoms with Gasteiger partial charge in [0.15, 0.2) is 5.78 Å². The second kappa shape index (κ2) is 9.01. The Bertz CT molecular complexity index is 810. The topological polar surface area (TPSA) is 75.7 Å². The van der Waals surface area contributed by atoms with E-state index >= 15 is 0 Å².